The highest BCUT2D eigenvalue weighted by Gasteiger charge is 2.39. The zero-order valence-electron chi connectivity index (χ0n) is 19.9. The van der Waals surface area contributed by atoms with Gasteiger partial charge in [-0.3, -0.25) is 9.36 Å². The minimum absolute atomic E-state index is 0.0164. The van der Waals surface area contributed by atoms with Crippen LogP contribution in [0.4, 0.5) is 23.2 Å². The van der Waals surface area contributed by atoms with E-state index in [9.17, 15) is 27.9 Å². The van der Waals surface area contributed by atoms with E-state index in [-0.39, 0.29) is 29.1 Å². The zero-order valence-corrected chi connectivity index (χ0v) is 20.6. The molecular formula is C21H21ClF4N6O5. The van der Waals surface area contributed by atoms with Crippen molar-refractivity contribution in [3.05, 3.63) is 50.5 Å². The molecule has 0 saturated heterocycles. The summed E-state index contributed by atoms with van der Waals surface area (Å²) in [4.78, 5) is 33.2. The van der Waals surface area contributed by atoms with Crippen LogP contribution in [0, 0.1) is 12.7 Å². The molecule has 0 spiro atoms. The van der Waals surface area contributed by atoms with Gasteiger partial charge in [-0.05, 0) is 32.4 Å². The predicted octanol–water partition coefficient (Wildman–Crippen LogP) is 3.03. The Balaban J connectivity index is 2.14. The topological polar surface area (TPSA) is 133 Å². The number of hydrogen-bond acceptors (Lipinski definition) is 8. The van der Waals surface area contributed by atoms with Crippen molar-refractivity contribution in [2.24, 2.45) is 0 Å². The number of aliphatic hydroxyl groups excluding tert-OH is 1. The third-order valence-corrected chi connectivity index (χ3v) is 5.38. The Morgan fingerprint density at radius 3 is 2.49 bits per heavy atom. The lowest BCUT2D eigenvalue weighted by molar-refractivity contribution is -0.190. The van der Waals surface area contributed by atoms with Gasteiger partial charge in [0.25, 0.3) is 5.91 Å². The maximum absolute atomic E-state index is 15.1. The number of aliphatic hydroxyl groups is 1. The highest BCUT2D eigenvalue weighted by Crippen LogP contribution is 2.31. The molecule has 37 heavy (non-hydrogen) atoms. The number of pyridine rings is 2. The molecular weight excluding hydrogens is 528 g/mol. The number of anilines is 1. The second-order valence-electron chi connectivity index (χ2n) is 7.56. The van der Waals surface area contributed by atoms with Gasteiger partial charge in [-0.2, -0.15) is 27.8 Å². The van der Waals surface area contributed by atoms with E-state index in [1.807, 2.05) is 0 Å². The van der Waals surface area contributed by atoms with Crippen LogP contribution in [-0.4, -0.2) is 54.7 Å². The van der Waals surface area contributed by atoms with E-state index in [2.05, 4.69) is 20.4 Å². The molecule has 0 fully saturated rings. The fourth-order valence-electron chi connectivity index (χ4n) is 3.15. The first-order chi connectivity index (χ1) is 17.3. The van der Waals surface area contributed by atoms with Gasteiger partial charge in [-0.1, -0.05) is 11.6 Å². The minimum Gasteiger partial charge on any atom is -0.481 e. The van der Waals surface area contributed by atoms with Crippen LogP contribution in [0.25, 0.3) is 5.82 Å². The van der Waals surface area contributed by atoms with Gasteiger partial charge < -0.3 is 19.9 Å². The third kappa shape index (κ3) is 5.67. The number of hydrogen-bond donors (Lipinski definition) is 2. The lowest BCUT2D eigenvalue weighted by Crippen LogP contribution is -2.33. The zero-order chi connectivity index (χ0) is 27.7. The monoisotopic (exact) mass is 548 g/mol. The molecule has 200 valence electrons. The number of rotatable bonds is 8. The molecule has 16 heteroatoms. The Hall–Kier alpha value is -3.72. The molecule has 0 bridgehead atoms. The van der Waals surface area contributed by atoms with Crippen molar-refractivity contribution in [3.8, 4) is 17.6 Å². The fraction of sp³-hybridized carbons (Fsp3) is 0.381. The molecule has 2 N–H and O–H groups in total. The van der Waals surface area contributed by atoms with E-state index in [1.54, 1.807) is 13.8 Å². The molecule has 3 aromatic rings. The highest BCUT2D eigenvalue weighted by atomic mass is 35.5. The molecule has 0 radical (unpaired) electrons. The number of methoxy groups -OCH3 is 1. The van der Waals surface area contributed by atoms with Crippen LogP contribution in [0.5, 0.6) is 11.8 Å². The Morgan fingerprint density at radius 2 is 1.97 bits per heavy atom. The number of nitrogens with one attached hydrogen (secondary N) is 1. The number of amides is 1. The molecule has 3 aromatic heterocycles. The predicted molar refractivity (Wildman–Crippen MR) is 122 cm³/mol. The smallest absolute Gasteiger partial charge is 0.425 e. The van der Waals surface area contributed by atoms with Gasteiger partial charge in [-0.15, -0.1) is 5.10 Å². The van der Waals surface area contributed by atoms with Crippen LogP contribution in [0.2, 0.25) is 5.15 Å². The van der Waals surface area contributed by atoms with E-state index in [0.717, 1.165) is 4.57 Å². The van der Waals surface area contributed by atoms with Crippen molar-refractivity contribution in [1.29, 1.82) is 0 Å². The lowest BCUT2D eigenvalue weighted by atomic mass is 10.2. The highest BCUT2D eigenvalue weighted by molar-refractivity contribution is 6.33. The number of halogens is 5. The van der Waals surface area contributed by atoms with Crippen molar-refractivity contribution in [2.75, 3.05) is 12.4 Å². The summed E-state index contributed by atoms with van der Waals surface area (Å²) in [5.74, 6) is -4.17. The first-order valence-electron chi connectivity index (χ1n) is 10.6. The molecule has 3 heterocycles. The van der Waals surface area contributed by atoms with Crippen LogP contribution >= 0.6 is 11.6 Å². The molecule has 0 saturated carbocycles. The van der Waals surface area contributed by atoms with E-state index < -0.39 is 53.6 Å². The number of aromatic nitrogens is 5. The van der Waals surface area contributed by atoms with Crippen molar-refractivity contribution in [3.63, 3.8) is 0 Å². The van der Waals surface area contributed by atoms with Crippen LogP contribution in [0.15, 0.2) is 16.9 Å². The van der Waals surface area contributed by atoms with Gasteiger partial charge in [-0.25, -0.2) is 9.18 Å². The van der Waals surface area contributed by atoms with Crippen molar-refractivity contribution in [1.82, 2.24) is 24.3 Å². The van der Waals surface area contributed by atoms with E-state index in [4.69, 9.17) is 21.1 Å². The standard InChI is InChI=1S/C21H21ClF4N6O5/c1-5-31-13(8-33)30-32(20(31)35)17-12(23)7-11(19(29-17)37-10(3)21(24,25)26)18(34)28-15-9(2)6-14(36-4)27-16(15)22/h6-7,10,33H,5,8H2,1-4H3,(H,28,34). The second-order valence-corrected chi connectivity index (χ2v) is 7.92. The quantitative estimate of drug-likeness (QED) is 0.324. The van der Waals surface area contributed by atoms with Crippen LogP contribution < -0.4 is 20.5 Å². The number of carbonyl (C=O) groups excluding carboxylic acids is 1. The van der Waals surface area contributed by atoms with E-state index in [1.165, 1.54) is 13.2 Å². The molecule has 0 aromatic carbocycles. The van der Waals surface area contributed by atoms with Crippen molar-refractivity contribution < 1.29 is 36.9 Å². The largest absolute Gasteiger partial charge is 0.481 e. The van der Waals surface area contributed by atoms with Crippen molar-refractivity contribution >= 4 is 23.2 Å². The molecule has 1 amide bonds. The summed E-state index contributed by atoms with van der Waals surface area (Å²) in [6.45, 7) is 3.14. The lowest BCUT2D eigenvalue weighted by Gasteiger charge is -2.19. The van der Waals surface area contributed by atoms with Gasteiger partial charge >= 0.3 is 11.9 Å². The van der Waals surface area contributed by atoms with Gasteiger partial charge in [0.1, 0.15) is 12.2 Å². The van der Waals surface area contributed by atoms with Crippen LogP contribution in [0.3, 0.4) is 0 Å². The van der Waals surface area contributed by atoms with Crippen LogP contribution in [-0.2, 0) is 13.2 Å². The summed E-state index contributed by atoms with van der Waals surface area (Å²) in [5.41, 5.74) is -1.28. The van der Waals surface area contributed by atoms with Gasteiger partial charge in [0, 0.05) is 12.6 Å². The summed E-state index contributed by atoms with van der Waals surface area (Å²) >= 11 is 6.08. The summed E-state index contributed by atoms with van der Waals surface area (Å²) in [6.07, 6.45) is -7.33. The Morgan fingerprint density at radius 1 is 1.30 bits per heavy atom. The average molecular weight is 549 g/mol. The summed E-state index contributed by atoms with van der Waals surface area (Å²) < 4.78 is 66.2. The molecule has 0 aliphatic rings. The Bertz CT molecular complexity index is 1370. The SMILES string of the molecule is CCn1c(CO)nn(-c2nc(OC(C)C(F)(F)F)c(C(=O)Nc3c(C)cc(OC)nc3Cl)cc2F)c1=O. The number of nitrogens with zero attached hydrogens (tertiary/aromatic N) is 5. The normalized spacial score (nSPS) is 12.4. The van der Waals surface area contributed by atoms with Gasteiger partial charge in [0.15, 0.2) is 28.7 Å². The third-order valence-electron chi connectivity index (χ3n) is 5.11. The Kier molecular flexibility index (Phi) is 8.07. The number of carbonyl (C=O) groups is 1. The minimum atomic E-state index is -4.87. The molecule has 11 nitrogen and oxygen atoms in total. The molecule has 0 aliphatic heterocycles. The average Bonchev–Trinajstić information content (AvgIpc) is 3.16. The number of aryl methyl sites for hydroxylation is 1. The van der Waals surface area contributed by atoms with Crippen molar-refractivity contribution in [2.45, 2.75) is 46.2 Å². The second kappa shape index (κ2) is 10.7. The summed E-state index contributed by atoms with van der Waals surface area (Å²) in [5, 5.41) is 15.4. The first-order valence-corrected chi connectivity index (χ1v) is 11.0. The maximum Gasteiger partial charge on any atom is 0.425 e. The summed E-state index contributed by atoms with van der Waals surface area (Å²) in [6, 6.07) is 1.98. The van der Waals surface area contributed by atoms with E-state index in [0.29, 0.717) is 23.2 Å². The first kappa shape index (κ1) is 27.9. The molecule has 0 aliphatic carbocycles. The molecule has 3 rings (SSSR count). The van der Waals surface area contributed by atoms with E-state index >= 15 is 4.39 Å². The van der Waals surface area contributed by atoms with Crippen LogP contribution in [0.1, 0.15) is 35.6 Å². The molecule has 1 unspecified atom stereocenters. The van der Waals surface area contributed by atoms with Gasteiger partial charge in [0.05, 0.1) is 12.8 Å². The summed E-state index contributed by atoms with van der Waals surface area (Å²) in [7, 11) is 1.34. The number of alkyl halides is 3. The molecule has 1 atom stereocenters. The Labute approximate surface area is 211 Å². The fourth-order valence-corrected chi connectivity index (χ4v) is 3.43. The van der Waals surface area contributed by atoms with Gasteiger partial charge in [0.2, 0.25) is 11.8 Å². The number of ether oxygens (including phenoxy) is 2. The maximum atomic E-state index is 15.1.